The number of hydrogen-bond donors (Lipinski definition) is 1. The van der Waals surface area contributed by atoms with Crippen LogP contribution in [0.15, 0.2) is 18.2 Å². The molecule has 4 heteroatoms. The maximum absolute atomic E-state index is 9.40. The lowest BCUT2D eigenvalue weighted by atomic mass is 9.85. The van der Waals surface area contributed by atoms with E-state index >= 15 is 0 Å². The number of rotatable bonds is 10. The number of ether oxygens (including phenoxy) is 3. The van der Waals surface area contributed by atoms with Gasteiger partial charge in [-0.05, 0) is 36.0 Å². The van der Waals surface area contributed by atoms with E-state index in [-0.39, 0.29) is 12.5 Å². The highest BCUT2D eigenvalue weighted by molar-refractivity contribution is 5.44. The minimum Gasteiger partial charge on any atom is -0.493 e. The zero-order chi connectivity index (χ0) is 15.7. The van der Waals surface area contributed by atoms with Crippen molar-refractivity contribution in [1.82, 2.24) is 0 Å². The molecule has 0 unspecified atom stereocenters. The SMILES string of the molecule is CC[C@@H](c1ccc(OC)c(OCCCOC)c1)[C@@H](C)CO. The Bertz CT molecular complexity index is 406. The second kappa shape index (κ2) is 9.64. The van der Waals surface area contributed by atoms with Crippen molar-refractivity contribution in [3.8, 4) is 11.5 Å². The molecule has 0 spiro atoms. The topological polar surface area (TPSA) is 47.9 Å². The number of benzene rings is 1. The molecule has 0 radical (unpaired) electrons. The van der Waals surface area contributed by atoms with Gasteiger partial charge in [-0.1, -0.05) is 19.9 Å². The lowest BCUT2D eigenvalue weighted by Crippen LogP contribution is -2.13. The van der Waals surface area contributed by atoms with Crippen LogP contribution < -0.4 is 9.47 Å². The summed E-state index contributed by atoms with van der Waals surface area (Å²) in [5, 5.41) is 9.40. The molecule has 4 nitrogen and oxygen atoms in total. The number of methoxy groups -OCH3 is 2. The summed E-state index contributed by atoms with van der Waals surface area (Å²) in [5.41, 5.74) is 1.18. The maximum Gasteiger partial charge on any atom is 0.161 e. The first-order valence-corrected chi connectivity index (χ1v) is 7.58. The summed E-state index contributed by atoms with van der Waals surface area (Å²) >= 11 is 0. The van der Waals surface area contributed by atoms with E-state index in [1.807, 2.05) is 12.1 Å². The second-order valence-corrected chi connectivity index (χ2v) is 5.28. The van der Waals surface area contributed by atoms with Gasteiger partial charge in [0.1, 0.15) is 0 Å². The summed E-state index contributed by atoms with van der Waals surface area (Å²) in [7, 11) is 3.33. The van der Waals surface area contributed by atoms with Crippen LogP contribution in [0, 0.1) is 5.92 Å². The van der Waals surface area contributed by atoms with E-state index in [4.69, 9.17) is 14.2 Å². The third-order valence-electron chi connectivity index (χ3n) is 3.78. The van der Waals surface area contributed by atoms with Crippen LogP contribution in [0.3, 0.4) is 0 Å². The summed E-state index contributed by atoms with van der Waals surface area (Å²) in [6, 6.07) is 6.03. The molecule has 0 aliphatic carbocycles. The normalized spacial score (nSPS) is 13.8. The molecule has 0 heterocycles. The van der Waals surface area contributed by atoms with Crippen molar-refractivity contribution in [2.75, 3.05) is 34.0 Å². The van der Waals surface area contributed by atoms with E-state index in [9.17, 15) is 5.11 Å². The zero-order valence-corrected chi connectivity index (χ0v) is 13.6. The molecule has 0 bridgehead atoms. The van der Waals surface area contributed by atoms with Crippen molar-refractivity contribution < 1.29 is 19.3 Å². The van der Waals surface area contributed by atoms with Gasteiger partial charge in [-0.25, -0.2) is 0 Å². The highest BCUT2D eigenvalue weighted by Crippen LogP contribution is 2.35. The van der Waals surface area contributed by atoms with Crippen LogP contribution in [0.25, 0.3) is 0 Å². The fourth-order valence-corrected chi connectivity index (χ4v) is 2.52. The first-order chi connectivity index (χ1) is 10.2. The van der Waals surface area contributed by atoms with Gasteiger partial charge in [0.2, 0.25) is 0 Å². The van der Waals surface area contributed by atoms with Crippen molar-refractivity contribution >= 4 is 0 Å². The Balaban J connectivity index is 2.87. The van der Waals surface area contributed by atoms with E-state index in [2.05, 4.69) is 19.9 Å². The highest BCUT2D eigenvalue weighted by atomic mass is 16.5. The van der Waals surface area contributed by atoms with E-state index in [1.54, 1.807) is 14.2 Å². The van der Waals surface area contributed by atoms with Gasteiger partial charge in [0.15, 0.2) is 11.5 Å². The van der Waals surface area contributed by atoms with Gasteiger partial charge in [-0.15, -0.1) is 0 Å². The molecule has 120 valence electrons. The average Bonchev–Trinajstić information content (AvgIpc) is 2.52. The van der Waals surface area contributed by atoms with E-state index in [1.165, 1.54) is 5.56 Å². The van der Waals surface area contributed by atoms with Crippen LogP contribution >= 0.6 is 0 Å². The quantitative estimate of drug-likeness (QED) is 0.673. The van der Waals surface area contributed by atoms with Gasteiger partial charge >= 0.3 is 0 Å². The molecule has 1 N–H and O–H groups in total. The summed E-state index contributed by atoms with van der Waals surface area (Å²) < 4.78 is 16.2. The molecule has 2 atom stereocenters. The molecule has 1 rings (SSSR count). The number of aliphatic hydroxyl groups is 1. The molecule has 0 saturated carbocycles. The van der Waals surface area contributed by atoms with Gasteiger partial charge in [-0.3, -0.25) is 0 Å². The second-order valence-electron chi connectivity index (χ2n) is 5.28. The fourth-order valence-electron chi connectivity index (χ4n) is 2.52. The predicted molar refractivity (Wildman–Crippen MR) is 84.3 cm³/mol. The van der Waals surface area contributed by atoms with Crippen LogP contribution in [0.2, 0.25) is 0 Å². The highest BCUT2D eigenvalue weighted by Gasteiger charge is 2.18. The fraction of sp³-hybridized carbons (Fsp3) is 0.647. The predicted octanol–water partition coefficient (Wildman–Crippen LogP) is 3.23. The van der Waals surface area contributed by atoms with E-state index in [0.29, 0.717) is 19.1 Å². The molecule has 21 heavy (non-hydrogen) atoms. The average molecular weight is 296 g/mol. The van der Waals surface area contributed by atoms with Gasteiger partial charge in [0, 0.05) is 26.7 Å². The lowest BCUT2D eigenvalue weighted by molar-refractivity contribution is 0.170. The van der Waals surface area contributed by atoms with Gasteiger partial charge in [-0.2, -0.15) is 0 Å². The molecular formula is C17H28O4. The van der Waals surface area contributed by atoms with Crippen LogP contribution in [0.1, 0.15) is 38.2 Å². The molecule has 0 saturated heterocycles. The monoisotopic (exact) mass is 296 g/mol. The molecule has 0 amide bonds. The van der Waals surface area contributed by atoms with Crippen molar-refractivity contribution in [3.05, 3.63) is 23.8 Å². The summed E-state index contributed by atoms with van der Waals surface area (Å²) in [5.74, 6) is 2.05. The molecular weight excluding hydrogens is 268 g/mol. The summed E-state index contributed by atoms with van der Waals surface area (Å²) in [6.45, 7) is 5.67. The Hall–Kier alpha value is -1.26. The van der Waals surface area contributed by atoms with Gasteiger partial charge < -0.3 is 19.3 Å². The zero-order valence-electron chi connectivity index (χ0n) is 13.6. The molecule has 0 fully saturated rings. The van der Waals surface area contributed by atoms with Crippen molar-refractivity contribution in [2.45, 2.75) is 32.6 Å². The van der Waals surface area contributed by atoms with Gasteiger partial charge in [0.05, 0.1) is 13.7 Å². The Labute approximate surface area is 128 Å². The van der Waals surface area contributed by atoms with Crippen molar-refractivity contribution in [3.63, 3.8) is 0 Å². The van der Waals surface area contributed by atoms with Crippen LogP contribution in [-0.2, 0) is 4.74 Å². The Kier molecular flexibility index (Phi) is 8.16. The van der Waals surface area contributed by atoms with Crippen LogP contribution in [0.4, 0.5) is 0 Å². The largest absolute Gasteiger partial charge is 0.493 e. The van der Waals surface area contributed by atoms with Gasteiger partial charge in [0.25, 0.3) is 0 Å². The third kappa shape index (κ3) is 5.21. The number of aliphatic hydroxyl groups excluding tert-OH is 1. The minimum atomic E-state index is 0.189. The lowest BCUT2D eigenvalue weighted by Gasteiger charge is -2.22. The number of hydrogen-bond acceptors (Lipinski definition) is 4. The van der Waals surface area contributed by atoms with Crippen LogP contribution in [-0.4, -0.2) is 39.1 Å². The smallest absolute Gasteiger partial charge is 0.161 e. The molecule has 1 aromatic carbocycles. The molecule has 1 aromatic rings. The van der Waals surface area contributed by atoms with E-state index in [0.717, 1.165) is 24.3 Å². The molecule has 0 aliphatic heterocycles. The van der Waals surface area contributed by atoms with Crippen LogP contribution in [0.5, 0.6) is 11.5 Å². The first-order valence-electron chi connectivity index (χ1n) is 7.58. The Morgan fingerprint density at radius 3 is 2.48 bits per heavy atom. The molecule has 0 aromatic heterocycles. The Morgan fingerprint density at radius 1 is 1.14 bits per heavy atom. The third-order valence-corrected chi connectivity index (χ3v) is 3.78. The van der Waals surface area contributed by atoms with Crippen molar-refractivity contribution in [2.24, 2.45) is 5.92 Å². The Morgan fingerprint density at radius 2 is 1.90 bits per heavy atom. The standard InChI is InChI=1S/C17H28O4/c1-5-15(13(2)12-18)14-7-8-16(20-4)17(11-14)21-10-6-9-19-3/h7-8,11,13,15,18H,5-6,9-10,12H2,1-4H3/t13-,15+/m0/s1. The maximum atomic E-state index is 9.40. The summed E-state index contributed by atoms with van der Waals surface area (Å²) in [6.07, 6.45) is 1.82. The van der Waals surface area contributed by atoms with Crippen molar-refractivity contribution in [1.29, 1.82) is 0 Å². The molecule has 0 aliphatic rings. The summed E-state index contributed by atoms with van der Waals surface area (Å²) in [4.78, 5) is 0. The first kappa shape index (κ1) is 17.8. The minimum absolute atomic E-state index is 0.189. The van der Waals surface area contributed by atoms with E-state index < -0.39 is 0 Å².